The fraction of sp³-hybridized carbons (Fsp3) is 0.440. The van der Waals surface area contributed by atoms with Crippen LogP contribution in [0.3, 0.4) is 0 Å². The predicted octanol–water partition coefficient (Wildman–Crippen LogP) is 2.36. The molecule has 3 heterocycles. The first-order valence-corrected chi connectivity index (χ1v) is 11.5. The van der Waals surface area contributed by atoms with Gasteiger partial charge in [0.25, 0.3) is 11.8 Å². The molecule has 1 atom stereocenters. The molecule has 0 radical (unpaired) electrons. The number of amides is 4. The number of anilines is 1. The maximum Gasteiger partial charge on any atom is 0.322 e. The summed E-state index contributed by atoms with van der Waals surface area (Å²) < 4.78 is 5.57. The van der Waals surface area contributed by atoms with Gasteiger partial charge in [0.2, 0.25) is 0 Å². The van der Waals surface area contributed by atoms with Gasteiger partial charge in [0.15, 0.2) is 5.54 Å². The summed E-state index contributed by atoms with van der Waals surface area (Å²) in [5.74, 6) is 0.577. The van der Waals surface area contributed by atoms with Gasteiger partial charge in [-0.2, -0.15) is 0 Å². The van der Waals surface area contributed by atoms with Gasteiger partial charge in [-0.3, -0.25) is 14.9 Å². The molecule has 0 bridgehead atoms. The fourth-order valence-corrected chi connectivity index (χ4v) is 4.87. The maximum atomic E-state index is 13.3. The third-order valence-electron chi connectivity index (χ3n) is 6.69. The van der Waals surface area contributed by atoms with Crippen LogP contribution in [-0.2, 0) is 10.3 Å². The summed E-state index contributed by atoms with van der Waals surface area (Å²) in [6.45, 7) is 10.3. The molecule has 0 unspecified atom stereocenters. The van der Waals surface area contributed by atoms with Crippen molar-refractivity contribution in [3.8, 4) is 5.75 Å². The Hall–Kier alpha value is -3.62. The van der Waals surface area contributed by atoms with E-state index in [9.17, 15) is 14.4 Å². The van der Waals surface area contributed by atoms with E-state index in [0.29, 0.717) is 43.1 Å². The van der Waals surface area contributed by atoms with E-state index in [1.165, 1.54) is 7.11 Å². The molecule has 2 saturated heterocycles. The van der Waals surface area contributed by atoms with Crippen LogP contribution in [-0.4, -0.2) is 61.0 Å². The summed E-state index contributed by atoms with van der Waals surface area (Å²) >= 11 is 0. The number of aryl methyl sites for hydroxylation is 2. The van der Waals surface area contributed by atoms with Crippen molar-refractivity contribution < 1.29 is 19.1 Å². The zero-order valence-electron chi connectivity index (χ0n) is 20.3. The van der Waals surface area contributed by atoms with Crippen LogP contribution in [0.15, 0.2) is 30.5 Å². The van der Waals surface area contributed by atoms with Crippen LogP contribution < -0.4 is 20.3 Å². The summed E-state index contributed by atoms with van der Waals surface area (Å²) in [5.41, 5.74) is 2.00. The summed E-state index contributed by atoms with van der Waals surface area (Å²) in [7, 11) is 1.49. The molecule has 1 aromatic carbocycles. The Labute approximate surface area is 199 Å². The minimum Gasteiger partial charge on any atom is -0.496 e. The lowest BCUT2D eigenvalue weighted by Crippen LogP contribution is -2.49. The highest BCUT2D eigenvalue weighted by Crippen LogP contribution is 2.39. The molecule has 34 heavy (non-hydrogen) atoms. The Morgan fingerprint density at radius 3 is 2.38 bits per heavy atom. The second kappa shape index (κ2) is 8.96. The van der Waals surface area contributed by atoms with E-state index in [-0.39, 0.29) is 11.8 Å². The van der Waals surface area contributed by atoms with Crippen LogP contribution in [0.5, 0.6) is 5.75 Å². The highest BCUT2D eigenvalue weighted by molar-refractivity contribution is 6.08. The number of piperazine rings is 1. The quantitative estimate of drug-likeness (QED) is 0.657. The van der Waals surface area contributed by atoms with E-state index < -0.39 is 17.5 Å². The molecule has 0 saturated carbocycles. The summed E-state index contributed by atoms with van der Waals surface area (Å²) in [6, 6.07) is 6.62. The number of ether oxygens (including phenoxy) is 1. The molecular weight excluding hydrogens is 434 g/mol. The van der Waals surface area contributed by atoms with E-state index >= 15 is 0 Å². The molecule has 9 heteroatoms. The topological polar surface area (TPSA) is 104 Å². The molecule has 4 rings (SSSR count). The Morgan fingerprint density at radius 1 is 1.12 bits per heavy atom. The lowest BCUT2D eigenvalue weighted by molar-refractivity contribution is -0.125. The number of nitrogens with one attached hydrogen (secondary N) is 2. The normalized spacial score (nSPS) is 20.4. The number of carbonyl (C=O) groups is 3. The third kappa shape index (κ3) is 3.95. The van der Waals surface area contributed by atoms with Crippen molar-refractivity contribution in [1.82, 2.24) is 20.5 Å². The molecule has 4 amide bonds. The smallest absolute Gasteiger partial charge is 0.322 e. The molecule has 2 fully saturated rings. The zero-order valence-corrected chi connectivity index (χ0v) is 20.3. The number of urea groups is 1. The van der Waals surface area contributed by atoms with Crippen LogP contribution in [0.1, 0.15) is 40.9 Å². The number of pyridine rings is 1. The Kier molecular flexibility index (Phi) is 6.20. The van der Waals surface area contributed by atoms with E-state index in [1.54, 1.807) is 18.2 Å². The maximum absolute atomic E-state index is 13.3. The van der Waals surface area contributed by atoms with Gasteiger partial charge in [-0.1, -0.05) is 26.0 Å². The van der Waals surface area contributed by atoms with Gasteiger partial charge in [-0.05, 0) is 43.0 Å². The summed E-state index contributed by atoms with van der Waals surface area (Å²) in [4.78, 5) is 46.5. The number of methoxy groups -OCH3 is 1. The van der Waals surface area contributed by atoms with Gasteiger partial charge >= 0.3 is 6.03 Å². The number of imide groups is 1. The van der Waals surface area contributed by atoms with Crippen molar-refractivity contribution in [2.24, 2.45) is 5.92 Å². The van der Waals surface area contributed by atoms with E-state index in [4.69, 9.17) is 4.74 Å². The van der Waals surface area contributed by atoms with Gasteiger partial charge in [-0.25, -0.2) is 9.78 Å². The summed E-state index contributed by atoms with van der Waals surface area (Å²) in [5, 5.41) is 5.08. The van der Waals surface area contributed by atoms with Gasteiger partial charge in [-0.15, -0.1) is 0 Å². The average molecular weight is 466 g/mol. The molecule has 180 valence electrons. The molecule has 2 aromatic rings. The first-order chi connectivity index (χ1) is 16.2. The standard InChI is InChI=1S/C25H31N5O4/c1-15(2)25(23(32)27-24(33)28-25)19-7-6-18(13-20(19)34-5)22(31)30-10-8-29(9-11-30)21-17(4)12-16(3)14-26-21/h6-7,12-15H,8-11H2,1-5H3,(H2,27,28,32,33)/t25-/m1/s1. The van der Waals surface area contributed by atoms with Crippen molar-refractivity contribution >= 4 is 23.7 Å². The first kappa shape index (κ1) is 23.5. The minimum absolute atomic E-state index is 0.100. The molecule has 1 aromatic heterocycles. The number of aromatic nitrogens is 1. The largest absolute Gasteiger partial charge is 0.496 e. The van der Waals surface area contributed by atoms with Crippen LogP contribution >= 0.6 is 0 Å². The number of hydrogen-bond donors (Lipinski definition) is 2. The van der Waals surface area contributed by atoms with Gasteiger partial charge < -0.3 is 19.9 Å². The number of rotatable bonds is 5. The lowest BCUT2D eigenvalue weighted by Gasteiger charge is -2.36. The van der Waals surface area contributed by atoms with Crippen molar-refractivity contribution in [2.75, 3.05) is 38.2 Å². The number of carbonyl (C=O) groups excluding carboxylic acids is 3. The van der Waals surface area contributed by atoms with Crippen LogP contribution in [0.25, 0.3) is 0 Å². The summed E-state index contributed by atoms with van der Waals surface area (Å²) in [6.07, 6.45) is 1.87. The monoisotopic (exact) mass is 465 g/mol. The molecule has 0 aliphatic carbocycles. The number of hydrogen-bond acceptors (Lipinski definition) is 6. The van der Waals surface area contributed by atoms with Gasteiger partial charge in [0.1, 0.15) is 11.6 Å². The molecule has 0 spiro atoms. The molecule has 2 aliphatic rings. The van der Waals surface area contributed by atoms with Crippen molar-refractivity contribution in [1.29, 1.82) is 0 Å². The Morgan fingerprint density at radius 2 is 1.82 bits per heavy atom. The van der Waals surface area contributed by atoms with Crippen LogP contribution in [0, 0.1) is 19.8 Å². The Balaban J connectivity index is 1.54. The molecule has 2 N–H and O–H groups in total. The van der Waals surface area contributed by atoms with Gasteiger partial charge in [0, 0.05) is 43.5 Å². The van der Waals surface area contributed by atoms with E-state index in [2.05, 4.69) is 33.5 Å². The van der Waals surface area contributed by atoms with Crippen molar-refractivity contribution in [3.63, 3.8) is 0 Å². The molecule has 2 aliphatic heterocycles. The number of nitrogens with zero attached hydrogens (tertiary/aromatic N) is 3. The number of benzene rings is 1. The Bertz CT molecular complexity index is 1140. The second-order valence-corrected chi connectivity index (χ2v) is 9.22. The highest BCUT2D eigenvalue weighted by Gasteiger charge is 2.51. The molecular formula is C25H31N5O4. The second-order valence-electron chi connectivity index (χ2n) is 9.22. The van der Waals surface area contributed by atoms with E-state index in [0.717, 1.165) is 16.9 Å². The van der Waals surface area contributed by atoms with Crippen molar-refractivity contribution in [3.05, 3.63) is 52.7 Å². The van der Waals surface area contributed by atoms with Crippen LogP contribution in [0.2, 0.25) is 0 Å². The fourth-order valence-electron chi connectivity index (χ4n) is 4.87. The average Bonchev–Trinajstić information content (AvgIpc) is 3.13. The molecule has 9 nitrogen and oxygen atoms in total. The SMILES string of the molecule is COc1cc(C(=O)N2CCN(c3ncc(C)cc3C)CC2)ccc1[C@@]1(C(C)C)NC(=O)NC1=O. The first-order valence-electron chi connectivity index (χ1n) is 11.5. The van der Waals surface area contributed by atoms with E-state index in [1.807, 2.05) is 31.9 Å². The third-order valence-corrected chi connectivity index (χ3v) is 6.69. The van der Waals surface area contributed by atoms with Crippen molar-refractivity contribution in [2.45, 2.75) is 33.2 Å². The predicted molar refractivity (Wildman–Crippen MR) is 128 cm³/mol. The lowest BCUT2D eigenvalue weighted by atomic mass is 9.79. The van der Waals surface area contributed by atoms with Crippen LogP contribution in [0.4, 0.5) is 10.6 Å². The zero-order chi connectivity index (χ0) is 24.6. The highest BCUT2D eigenvalue weighted by atomic mass is 16.5. The minimum atomic E-state index is -1.26. The van der Waals surface area contributed by atoms with Gasteiger partial charge in [0.05, 0.1) is 7.11 Å².